The molecule has 0 atom stereocenters. The van der Waals surface area contributed by atoms with E-state index in [1.165, 1.54) is 11.0 Å². The van der Waals surface area contributed by atoms with Gasteiger partial charge in [0.25, 0.3) is 11.8 Å². The van der Waals surface area contributed by atoms with Crippen LogP contribution in [0, 0.1) is 12.3 Å². The second-order valence-corrected chi connectivity index (χ2v) is 10.9. The lowest BCUT2D eigenvalue weighted by Gasteiger charge is -2.28. The molecule has 3 aromatic carbocycles. The SMILES string of the molecule is C#CCOc1ccc(/C=C2\C(=O)N=C(SCC(=O)NC(c3ccccc3)c3ccccc3)N(C(/C=C\C=C)=C/C)C2=O)cc1OCC. The molecule has 47 heavy (non-hydrogen) atoms. The molecule has 0 aliphatic carbocycles. The highest BCUT2D eigenvalue weighted by atomic mass is 32.2. The van der Waals surface area contributed by atoms with Crippen LogP contribution in [-0.2, 0) is 14.4 Å². The van der Waals surface area contributed by atoms with Crippen molar-refractivity contribution in [2.45, 2.75) is 19.9 Å². The molecular formula is C38H35N3O5S. The molecule has 3 amide bonds. The van der Waals surface area contributed by atoms with Crippen LogP contribution in [0.1, 0.15) is 36.6 Å². The number of allylic oxidation sites excluding steroid dienone is 4. The minimum absolute atomic E-state index is 0.0587. The number of nitrogens with one attached hydrogen (secondary N) is 1. The maximum atomic E-state index is 14.0. The fourth-order valence-electron chi connectivity index (χ4n) is 4.68. The Kier molecular flexibility index (Phi) is 12.5. The maximum Gasteiger partial charge on any atom is 0.285 e. The Bertz CT molecular complexity index is 1730. The summed E-state index contributed by atoms with van der Waals surface area (Å²) >= 11 is 0.999. The number of carbonyl (C=O) groups excluding carboxylic acids is 3. The van der Waals surface area contributed by atoms with Crippen LogP contribution in [0.4, 0.5) is 0 Å². The first-order valence-corrected chi connectivity index (χ1v) is 15.9. The summed E-state index contributed by atoms with van der Waals surface area (Å²) in [6.45, 7) is 7.73. The van der Waals surface area contributed by atoms with E-state index in [0.29, 0.717) is 29.4 Å². The van der Waals surface area contributed by atoms with Crippen molar-refractivity contribution in [2.75, 3.05) is 19.0 Å². The normalized spacial score (nSPS) is 14.3. The van der Waals surface area contributed by atoms with Crippen LogP contribution in [0.5, 0.6) is 11.5 Å². The number of amides is 3. The standard InChI is InChI=1S/C38H35N3O5S/c1-5-9-20-30(7-3)41-37(44)31(24-27-21-22-32(46-23-6-2)33(25-27)45-8-4)36(43)40-38(41)47-26-34(42)39-35(28-16-12-10-13-17-28)29-18-14-11-15-19-29/h2,5,7,9-22,24-25,35H,1,8,23,26H2,3-4H3,(H,39,42)/b20-9-,30-7+,31-24+. The molecule has 0 saturated carbocycles. The van der Waals surface area contributed by atoms with Crippen molar-refractivity contribution < 1.29 is 23.9 Å². The second kappa shape index (κ2) is 17.2. The zero-order valence-electron chi connectivity index (χ0n) is 26.2. The average molecular weight is 646 g/mol. The van der Waals surface area contributed by atoms with E-state index < -0.39 is 11.8 Å². The number of hydrogen-bond donors (Lipinski definition) is 1. The van der Waals surface area contributed by atoms with Gasteiger partial charge < -0.3 is 14.8 Å². The number of hydrogen-bond acceptors (Lipinski definition) is 6. The molecule has 8 nitrogen and oxygen atoms in total. The van der Waals surface area contributed by atoms with Crippen molar-refractivity contribution in [1.82, 2.24) is 10.2 Å². The molecule has 0 spiro atoms. The van der Waals surface area contributed by atoms with Crippen molar-refractivity contribution in [3.8, 4) is 23.8 Å². The largest absolute Gasteiger partial charge is 0.490 e. The van der Waals surface area contributed by atoms with Crippen LogP contribution >= 0.6 is 11.8 Å². The number of thioether (sulfide) groups is 1. The van der Waals surface area contributed by atoms with Gasteiger partial charge in [0.2, 0.25) is 5.91 Å². The van der Waals surface area contributed by atoms with Crippen LogP contribution in [-0.4, -0.2) is 46.8 Å². The number of benzene rings is 3. The topological polar surface area (TPSA) is 97.3 Å². The van der Waals surface area contributed by atoms with Crippen molar-refractivity contribution >= 4 is 40.7 Å². The lowest BCUT2D eigenvalue weighted by atomic mass is 9.99. The quantitative estimate of drug-likeness (QED) is 0.0988. The fourth-order valence-corrected chi connectivity index (χ4v) is 5.49. The molecule has 0 unspecified atom stereocenters. The summed E-state index contributed by atoms with van der Waals surface area (Å²) in [4.78, 5) is 46.3. The Morgan fingerprint density at radius 2 is 1.72 bits per heavy atom. The molecule has 9 heteroatoms. The number of amidine groups is 1. The van der Waals surface area contributed by atoms with Crippen LogP contribution in [0.2, 0.25) is 0 Å². The summed E-state index contributed by atoms with van der Waals surface area (Å²) in [6, 6.07) is 23.9. The van der Waals surface area contributed by atoms with Gasteiger partial charge in [-0.05, 0) is 54.8 Å². The molecule has 0 saturated heterocycles. The summed E-state index contributed by atoms with van der Waals surface area (Å²) in [6.07, 6.45) is 13.4. The van der Waals surface area contributed by atoms with E-state index in [0.717, 1.165) is 22.9 Å². The highest BCUT2D eigenvalue weighted by molar-refractivity contribution is 8.14. The van der Waals surface area contributed by atoms with E-state index in [2.05, 4.69) is 22.8 Å². The third-order valence-electron chi connectivity index (χ3n) is 6.80. The number of nitrogens with zero attached hydrogens (tertiary/aromatic N) is 2. The first-order valence-electron chi connectivity index (χ1n) is 14.9. The predicted octanol–water partition coefficient (Wildman–Crippen LogP) is 6.49. The average Bonchev–Trinajstić information content (AvgIpc) is 3.09. The van der Waals surface area contributed by atoms with Gasteiger partial charge in [0.15, 0.2) is 16.7 Å². The highest BCUT2D eigenvalue weighted by Gasteiger charge is 2.35. The zero-order valence-corrected chi connectivity index (χ0v) is 27.0. The molecule has 0 radical (unpaired) electrons. The third kappa shape index (κ3) is 9.00. The van der Waals surface area contributed by atoms with Gasteiger partial charge in [-0.25, -0.2) is 0 Å². The Hall–Kier alpha value is -5.59. The van der Waals surface area contributed by atoms with Crippen molar-refractivity contribution in [3.05, 3.63) is 138 Å². The summed E-state index contributed by atoms with van der Waals surface area (Å²) in [5, 5.41) is 3.17. The predicted molar refractivity (Wildman–Crippen MR) is 188 cm³/mol. The molecule has 1 aliphatic rings. The molecule has 4 rings (SSSR count). The van der Waals surface area contributed by atoms with Gasteiger partial charge in [-0.1, -0.05) is 109 Å². The lowest BCUT2D eigenvalue weighted by molar-refractivity contribution is -0.126. The van der Waals surface area contributed by atoms with E-state index in [4.69, 9.17) is 15.9 Å². The molecule has 0 fully saturated rings. The van der Waals surface area contributed by atoms with Gasteiger partial charge in [-0.15, -0.1) is 6.42 Å². The molecule has 3 aromatic rings. The molecule has 1 aliphatic heterocycles. The Labute approximate surface area is 279 Å². The van der Waals surface area contributed by atoms with Crippen LogP contribution in [0.3, 0.4) is 0 Å². The van der Waals surface area contributed by atoms with Crippen molar-refractivity contribution in [1.29, 1.82) is 0 Å². The Morgan fingerprint density at radius 1 is 1.04 bits per heavy atom. The monoisotopic (exact) mass is 645 g/mol. The lowest BCUT2D eigenvalue weighted by Crippen LogP contribution is -2.42. The third-order valence-corrected chi connectivity index (χ3v) is 7.74. The Morgan fingerprint density at radius 3 is 2.32 bits per heavy atom. The highest BCUT2D eigenvalue weighted by Crippen LogP contribution is 2.31. The zero-order chi connectivity index (χ0) is 33.6. The number of aliphatic imine (C=N–C) groups is 1. The van der Waals surface area contributed by atoms with E-state index in [-0.39, 0.29) is 35.0 Å². The number of rotatable bonds is 13. The van der Waals surface area contributed by atoms with Gasteiger partial charge in [-0.3, -0.25) is 19.3 Å². The van der Waals surface area contributed by atoms with E-state index in [9.17, 15) is 14.4 Å². The molecule has 0 bridgehead atoms. The minimum Gasteiger partial charge on any atom is -0.490 e. The summed E-state index contributed by atoms with van der Waals surface area (Å²) < 4.78 is 11.3. The smallest absolute Gasteiger partial charge is 0.285 e. The summed E-state index contributed by atoms with van der Waals surface area (Å²) in [5.74, 6) is 1.57. The fraction of sp³-hybridized carbons (Fsp3) is 0.158. The van der Waals surface area contributed by atoms with E-state index in [1.54, 1.807) is 49.4 Å². The number of ether oxygens (including phenoxy) is 2. The maximum absolute atomic E-state index is 14.0. The van der Waals surface area contributed by atoms with Gasteiger partial charge in [0.1, 0.15) is 12.2 Å². The molecule has 0 aromatic heterocycles. The minimum atomic E-state index is -0.727. The van der Waals surface area contributed by atoms with Crippen molar-refractivity contribution in [2.24, 2.45) is 4.99 Å². The molecule has 238 valence electrons. The molecule has 1 heterocycles. The van der Waals surface area contributed by atoms with Gasteiger partial charge in [-0.2, -0.15) is 4.99 Å². The first kappa shape index (κ1) is 34.3. The van der Waals surface area contributed by atoms with Gasteiger partial charge in [0.05, 0.1) is 18.4 Å². The van der Waals surface area contributed by atoms with Crippen LogP contribution < -0.4 is 14.8 Å². The Balaban J connectivity index is 1.63. The van der Waals surface area contributed by atoms with E-state index >= 15 is 0 Å². The number of carbonyl (C=O) groups is 3. The van der Waals surface area contributed by atoms with Crippen LogP contribution in [0.25, 0.3) is 6.08 Å². The van der Waals surface area contributed by atoms with Crippen LogP contribution in [0.15, 0.2) is 126 Å². The second-order valence-electron chi connectivity index (χ2n) is 9.95. The van der Waals surface area contributed by atoms with Crippen molar-refractivity contribution in [3.63, 3.8) is 0 Å². The van der Waals surface area contributed by atoms with Gasteiger partial charge >= 0.3 is 0 Å². The summed E-state index contributed by atoms with van der Waals surface area (Å²) in [7, 11) is 0. The van der Waals surface area contributed by atoms with E-state index in [1.807, 2.05) is 67.6 Å². The molecule has 1 N–H and O–H groups in total. The molecular weight excluding hydrogens is 611 g/mol. The first-order chi connectivity index (χ1) is 22.9. The number of terminal acetylenes is 1. The summed E-state index contributed by atoms with van der Waals surface area (Å²) in [5.41, 5.74) is 2.67. The van der Waals surface area contributed by atoms with Gasteiger partial charge in [0, 0.05) is 5.70 Å².